The van der Waals surface area contributed by atoms with Crippen LogP contribution in [0.1, 0.15) is 24.1 Å². The van der Waals surface area contributed by atoms with Crippen molar-refractivity contribution in [2.24, 2.45) is 0 Å². The van der Waals surface area contributed by atoms with Crippen LogP contribution in [0.3, 0.4) is 0 Å². The van der Waals surface area contributed by atoms with E-state index >= 15 is 0 Å². The summed E-state index contributed by atoms with van der Waals surface area (Å²) in [7, 11) is 2.22. The average Bonchev–Trinajstić information content (AvgIpc) is 2.74. The Morgan fingerprint density at radius 1 is 1.27 bits per heavy atom. The normalized spacial score (nSPS) is 11.1. The molecule has 1 nitrogen and oxygen atoms in total. The molecule has 0 aromatic carbocycles. The lowest BCUT2D eigenvalue weighted by Crippen LogP contribution is -2.22. The topological polar surface area (TPSA) is 3.24 Å². The molecular formula is C12H20BrNS. The fraction of sp³-hybridized carbons (Fsp3) is 0.667. The number of rotatable bonds is 8. The Morgan fingerprint density at radius 2 is 2.13 bits per heavy atom. The Balaban J connectivity index is 2.01. The van der Waals surface area contributed by atoms with Gasteiger partial charge in [0.1, 0.15) is 0 Å². The number of thiophene rings is 1. The predicted molar refractivity (Wildman–Crippen MR) is 73.2 cm³/mol. The number of hydrogen-bond donors (Lipinski definition) is 0. The minimum Gasteiger partial charge on any atom is -0.306 e. The predicted octanol–water partition coefficient (Wildman–Crippen LogP) is 3.79. The summed E-state index contributed by atoms with van der Waals surface area (Å²) in [6.07, 6.45) is 5.17. The van der Waals surface area contributed by atoms with Crippen LogP contribution < -0.4 is 0 Å². The zero-order valence-corrected chi connectivity index (χ0v) is 11.8. The van der Waals surface area contributed by atoms with Crippen LogP contribution in [-0.2, 0) is 6.42 Å². The quantitative estimate of drug-likeness (QED) is 0.520. The molecule has 0 aliphatic carbocycles. The molecule has 0 aliphatic rings. The van der Waals surface area contributed by atoms with E-state index in [1.807, 2.05) is 11.3 Å². The third-order valence-corrected chi connectivity index (χ3v) is 3.99. The number of unbranched alkanes of at least 4 members (excludes halogenated alkanes) is 2. The van der Waals surface area contributed by atoms with E-state index in [-0.39, 0.29) is 0 Å². The standard InChI is InChI=1S/C12H20BrNS/c1-14(9-4-2-3-8-13)10-7-12-6-5-11-15-12/h5-6,11H,2-4,7-10H2,1H3. The van der Waals surface area contributed by atoms with Gasteiger partial charge in [0, 0.05) is 16.8 Å². The minimum atomic E-state index is 1.14. The molecule has 1 aromatic heterocycles. The molecule has 1 rings (SSSR count). The maximum Gasteiger partial charge on any atom is 0.00579 e. The number of nitrogens with zero attached hydrogens (tertiary/aromatic N) is 1. The summed E-state index contributed by atoms with van der Waals surface area (Å²) in [5.74, 6) is 0. The van der Waals surface area contributed by atoms with Crippen molar-refractivity contribution < 1.29 is 0 Å². The first kappa shape index (κ1) is 13.2. The molecule has 15 heavy (non-hydrogen) atoms. The molecule has 0 saturated heterocycles. The van der Waals surface area contributed by atoms with Gasteiger partial charge < -0.3 is 4.90 Å². The third kappa shape index (κ3) is 6.33. The van der Waals surface area contributed by atoms with Crippen molar-refractivity contribution in [2.45, 2.75) is 25.7 Å². The van der Waals surface area contributed by atoms with Gasteiger partial charge in [0.25, 0.3) is 0 Å². The summed E-state index contributed by atoms with van der Waals surface area (Å²) in [6, 6.07) is 4.36. The molecule has 0 fully saturated rings. The largest absolute Gasteiger partial charge is 0.306 e. The highest BCUT2D eigenvalue weighted by Crippen LogP contribution is 2.09. The molecule has 0 saturated carbocycles. The Bertz CT molecular complexity index is 236. The monoisotopic (exact) mass is 289 g/mol. The maximum absolute atomic E-state index is 3.46. The first-order valence-corrected chi connectivity index (χ1v) is 7.60. The second kappa shape index (κ2) is 8.31. The van der Waals surface area contributed by atoms with Crippen LogP contribution in [0.4, 0.5) is 0 Å². The first-order valence-electron chi connectivity index (χ1n) is 5.60. The van der Waals surface area contributed by atoms with Crippen LogP contribution in [0.25, 0.3) is 0 Å². The summed E-state index contributed by atoms with van der Waals surface area (Å²) in [5.41, 5.74) is 0. The van der Waals surface area contributed by atoms with E-state index in [0.717, 1.165) is 5.33 Å². The SMILES string of the molecule is CN(CCCCCBr)CCc1cccs1. The Hall–Kier alpha value is 0.140. The Kier molecular flexibility index (Phi) is 7.32. The van der Waals surface area contributed by atoms with Crippen LogP contribution in [0.15, 0.2) is 17.5 Å². The molecular weight excluding hydrogens is 270 g/mol. The second-order valence-corrected chi connectivity index (χ2v) is 5.71. The summed E-state index contributed by atoms with van der Waals surface area (Å²) in [4.78, 5) is 3.94. The van der Waals surface area contributed by atoms with Crippen LogP contribution in [-0.4, -0.2) is 30.4 Å². The molecule has 86 valence electrons. The highest BCUT2D eigenvalue weighted by Gasteiger charge is 1.99. The molecule has 1 aromatic rings. The maximum atomic E-state index is 3.46. The molecule has 0 N–H and O–H groups in total. The molecule has 0 bridgehead atoms. The van der Waals surface area contributed by atoms with Crippen LogP contribution >= 0.6 is 27.3 Å². The zero-order chi connectivity index (χ0) is 10.9. The number of halogens is 1. The summed E-state index contributed by atoms with van der Waals surface area (Å²) < 4.78 is 0. The lowest BCUT2D eigenvalue weighted by Gasteiger charge is -2.15. The van der Waals surface area contributed by atoms with Crippen LogP contribution in [0.2, 0.25) is 0 Å². The summed E-state index contributed by atoms with van der Waals surface area (Å²) in [6.45, 7) is 2.42. The van der Waals surface area contributed by atoms with E-state index in [2.05, 4.69) is 45.4 Å². The molecule has 3 heteroatoms. The molecule has 0 aliphatic heterocycles. The molecule has 0 atom stereocenters. The number of alkyl halides is 1. The lowest BCUT2D eigenvalue weighted by molar-refractivity contribution is 0.330. The number of hydrogen-bond acceptors (Lipinski definition) is 2. The van der Waals surface area contributed by atoms with E-state index in [4.69, 9.17) is 0 Å². The highest BCUT2D eigenvalue weighted by atomic mass is 79.9. The number of likely N-dealkylation sites (N-methyl/N-ethyl adjacent to an activating group) is 1. The minimum absolute atomic E-state index is 1.14. The molecule has 0 unspecified atom stereocenters. The summed E-state index contributed by atoms with van der Waals surface area (Å²) in [5, 5.41) is 3.30. The van der Waals surface area contributed by atoms with Crippen molar-refractivity contribution in [1.29, 1.82) is 0 Å². The molecule has 0 amide bonds. The summed E-state index contributed by atoms with van der Waals surface area (Å²) >= 11 is 5.33. The van der Waals surface area contributed by atoms with Crippen molar-refractivity contribution >= 4 is 27.3 Å². The highest BCUT2D eigenvalue weighted by molar-refractivity contribution is 9.09. The van der Waals surface area contributed by atoms with E-state index in [1.165, 1.54) is 43.6 Å². The van der Waals surface area contributed by atoms with Crippen LogP contribution in [0.5, 0.6) is 0 Å². The van der Waals surface area contributed by atoms with Crippen molar-refractivity contribution in [2.75, 3.05) is 25.5 Å². The van der Waals surface area contributed by atoms with Gasteiger partial charge in [0.15, 0.2) is 0 Å². The molecule has 0 radical (unpaired) electrons. The van der Waals surface area contributed by atoms with Crippen molar-refractivity contribution in [3.63, 3.8) is 0 Å². The smallest absolute Gasteiger partial charge is 0.00579 e. The Morgan fingerprint density at radius 3 is 2.80 bits per heavy atom. The zero-order valence-electron chi connectivity index (χ0n) is 9.42. The fourth-order valence-corrected chi connectivity index (χ4v) is 2.62. The fourth-order valence-electron chi connectivity index (χ4n) is 1.52. The van der Waals surface area contributed by atoms with Gasteiger partial charge >= 0.3 is 0 Å². The average molecular weight is 290 g/mol. The van der Waals surface area contributed by atoms with Gasteiger partial charge in [-0.05, 0) is 44.3 Å². The molecule has 0 spiro atoms. The third-order valence-electron chi connectivity index (χ3n) is 2.49. The van der Waals surface area contributed by atoms with Crippen molar-refractivity contribution in [1.82, 2.24) is 4.90 Å². The van der Waals surface area contributed by atoms with Gasteiger partial charge in [-0.15, -0.1) is 11.3 Å². The molecule has 1 heterocycles. The van der Waals surface area contributed by atoms with Gasteiger partial charge in [0.2, 0.25) is 0 Å². The van der Waals surface area contributed by atoms with E-state index < -0.39 is 0 Å². The van der Waals surface area contributed by atoms with Crippen molar-refractivity contribution in [3.05, 3.63) is 22.4 Å². The van der Waals surface area contributed by atoms with Gasteiger partial charge in [-0.3, -0.25) is 0 Å². The van der Waals surface area contributed by atoms with E-state index in [0.29, 0.717) is 0 Å². The van der Waals surface area contributed by atoms with E-state index in [1.54, 1.807) is 0 Å². The Labute approximate surface area is 106 Å². The second-order valence-electron chi connectivity index (χ2n) is 3.88. The van der Waals surface area contributed by atoms with Gasteiger partial charge in [0.05, 0.1) is 0 Å². The van der Waals surface area contributed by atoms with Crippen LogP contribution in [0, 0.1) is 0 Å². The first-order chi connectivity index (χ1) is 7.33. The van der Waals surface area contributed by atoms with E-state index in [9.17, 15) is 0 Å². The van der Waals surface area contributed by atoms with Gasteiger partial charge in [-0.2, -0.15) is 0 Å². The van der Waals surface area contributed by atoms with Gasteiger partial charge in [-0.1, -0.05) is 28.4 Å². The van der Waals surface area contributed by atoms with Gasteiger partial charge in [-0.25, -0.2) is 0 Å². The lowest BCUT2D eigenvalue weighted by atomic mass is 10.2. The van der Waals surface area contributed by atoms with Crippen molar-refractivity contribution in [3.8, 4) is 0 Å².